The number of aliphatic hydroxyl groups is 1. The average Bonchev–Trinajstić information content (AvgIpc) is 2.73. The average molecular weight is 260 g/mol. The van der Waals surface area contributed by atoms with Crippen LogP contribution >= 0.6 is 0 Å². The highest BCUT2D eigenvalue weighted by Gasteiger charge is 2.11. The van der Waals surface area contributed by atoms with Crippen molar-refractivity contribution >= 4 is 0 Å². The first-order valence-electron chi connectivity index (χ1n) is 6.35. The lowest BCUT2D eigenvalue weighted by molar-refractivity contribution is 0.295. The predicted molar refractivity (Wildman–Crippen MR) is 75.5 cm³/mol. The lowest BCUT2D eigenvalue weighted by atomic mass is 10.0. The van der Waals surface area contributed by atoms with Gasteiger partial charge >= 0.3 is 0 Å². The maximum Gasteiger partial charge on any atom is 0.122 e. The molecule has 19 heavy (non-hydrogen) atoms. The van der Waals surface area contributed by atoms with Crippen molar-refractivity contribution in [2.45, 2.75) is 20.3 Å². The molecule has 1 N–H and O–H groups in total. The maximum absolute atomic E-state index is 9.02. The largest absolute Gasteiger partial charge is 0.496 e. The van der Waals surface area contributed by atoms with E-state index in [2.05, 4.69) is 18.0 Å². The minimum atomic E-state index is 0.116. The maximum atomic E-state index is 9.02. The van der Waals surface area contributed by atoms with Gasteiger partial charge < -0.3 is 14.4 Å². The lowest BCUT2D eigenvalue weighted by Gasteiger charge is -2.09. The standard InChI is InChI=1S/C15H20N2O2/c1-10-8-14(19-4)11(2)7-12(10)13-9-17(3)15(16-13)5-6-18/h7-9,18H,5-6H2,1-4H3. The van der Waals surface area contributed by atoms with Gasteiger partial charge in [0.2, 0.25) is 0 Å². The van der Waals surface area contributed by atoms with Crippen LogP contribution in [0.4, 0.5) is 0 Å². The molecule has 1 aromatic carbocycles. The molecule has 4 nitrogen and oxygen atoms in total. The highest BCUT2D eigenvalue weighted by Crippen LogP contribution is 2.29. The second-order valence-electron chi connectivity index (χ2n) is 4.76. The number of benzene rings is 1. The van der Waals surface area contributed by atoms with Crippen molar-refractivity contribution < 1.29 is 9.84 Å². The zero-order chi connectivity index (χ0) is 14.0. The van der Waals surface area contributed by atoms with E-state index in [1.54, 1.807) is 7.11 Å². The first-order valence-corrected chi connectivity index (χ1v) is 6.35. The Morgan fingerprint density at radius 1 is 1.26 bits per heavy atom. The van der Waals surface area contributed by atoms with Gasteiger partial charge in [0.1, 0.15) is 11.6 Å². The van der Waals surface area contributed by atoms with Gasteiger partial charge in [-0.25, -0.2) is 4.98 Å². The summed E-state index contributed by atoms with van der Waals surface area (Å²) in [7, 11) is 3.63. The number of nitrogens with zero attached hydrogens (tertiary/aromatic N) is 2. The summed E-state index contributed by atoms with van der Waals surface area (Å²) in [6.07, 6.45) is 2.57. The second-order valence-corrected chi connectivity index (χ2v) is 4.76. The summed E-state index contributed by atoms with van der Waals surface area (Å²) in [5, 5.41) is 9.02. The monoisotopic (exact) mass is 260 g/mol. The van der Waals surface area contributed by atoms with Gasteiger partial charge in [-0.3, -0.25) is 0 Å². The molecule has 0 fully saturated rings. The Labute approximate surface area is 113 Å². The van der Waals surface area contributed by atoms with Crippen LogP contribution in [0, 0.1) is 13.8 Å². The number of ether oxygens (including phenoxy) is 1. The lowest BCUT2D eigenvalue weighted by Crippen LogP contribution is -1.99. The van der Waals surface area contributed by atoms with E-state index in [9.17, 15) is 0 Å². The molecule has 0 unspecified atom stereocenters. The molecule has 0 saturated carbocycles. The Kier molecular flexibility index (Phi) is 3.90. The number of methoxy groups -OCH3 is 1. The van der Waals surface area contributed by atoms with Crippen LogP contribution in [0.2, 0.25) is 0 Å². The summed E-state index contributed by atoms with van der Waals surface area (Å²) in [6.45, 7) is 4.20. The number of aliphatic hydroxyl groups excluding tert-OH is 1. The van der Waals surface area contributed by atoms with Gasteiger partial charge in [-0.05, 0) is 37.1 Å². The van der Waals surface area contributed by atoms with Gasteiger partial charge in [0.15, 0.2) is 0 Å². The van der Waals surface area contributed by atoms with Crippen LogP contribution in [0.3, 0.4) is 0 Å². The first-order chi connectivity index (χ1) is 9.06. The number of rotatable bonds is 4. The smallest absolute Gasteiger partial charge is 0.122 e. The van der Waals surface area contributed by atoms with E-state index in [0.29, 0.717) is 6.42 Å². The molecule has 0 saturated heterocycles. The molecule has 1 aromatic heterocycles. The number of hydrogen-bond donors (Lipinski definition) is 1. The predicted octanol–water partition coefficient (Wildman–Crippen LogP) is 2.25. The molecule has 2 aromatic rings. The van der Waals surface area contributed by atoms with E-state index in [4.69, 9.17) is 9.84 Å². The van der Waals surface area contributed by atoms with Gasteiger partial charge in [0, 0.05) is 25.2 Å². The molecule has 0 atom stereocenters. The van der Waals surface area contributed by atoms with E-state index in [-0.39, 0.29) is 6.61 Å². The van der Waals surface area contributed by atoms with Crippen molar-refractivity contribution in [3.8, 4) is 17.0 Å². The van der Waals surface area contributed by atoms with Crippen molar-refractivity contribution in [1.29, 1.82) is 0 Å². The van der Waals surface area contributed by atoms with E-state index < -0.39 is 0 Å². The zero-order valence-electron chi connectivity index (χ0n) is 11.9. The minimum absolute atomic E-state index is 0.116. The van der Waals surface area contributed by atoms with Crippen molar-refractivity contribution in [1.82, 2.24) is 9.55 Å². The van der Waals surface area contributed by atoms with Gasteiger partial charge in [0.05, 0.1) is 19.4 Å². The SMILES string of the molecule is COc1cc(C)c(-c2cn(C)c(CCO)n2)cc1C. The summed E-state index contributed by atoms with van der Waals surface area (Å²) in [5.41, 5.74) is 4.28. The molecule has 2 rings (SSSR count). The topological polar surface area (TPSA) is 47.3 Å². The number of aromatic nitrogens is 2. The van der Waals surface area contributed by atoms with E-state index in [0.717, 1.165) is 34.0 Å². The first kappa shape index (κ1) is 13.6. The van der Waals surface area contributed by atoms with Crippen molar-refractivity contribution in [2.24, 2.45) is 7.05 Å². The Morgan fingerprint density at radius 3 is 2.63 bits per heavy atom. The zero-order valence-corrected chi connectivity index (χ0v) is 11.9. The Morgan fingerprint density at radius 2 is 2.00 bits per heavy atom. The van der Waals surface area contributed by atoms with Crippen LogP contribution in [-0.4, -0.2) is 28.4 Å². The molecule has 0 aliphatic heterocycles. The third kappa shape index (κ3) is 2.63. The quantitative estimate of drug-likeness (QED) is 0.917. The third-order valence-corrected chi connectivity index (χ3v) is 3.33. The van der Waals surface area contributed by atoms with E-state index in [1.165, 1.54) is 0 Å². The highest BCUT2D eigenvalue weighted by atomic mass is 16.5. The fraction of sp³-hybridized carbons (Fsp3) is 0.400. The van der Waals surface area contributed by atoms with Gasteiger partial charge in [-0.15, -0.1) is 0 Å². The summed E-state index contributed by atoms with van der Waals surface area (Å²) in [5.74, 6) is 1.79. The molecule has 0 aliphatic rings. The van der Waals surface area contributed by atoms with Gasteiger partial charge in [-0.1, -0.05) is 0 Å². The molecule has 0 spiro atoms. The summed E-state index contributed by atoms with van der Waals surface area (Å²) in [6, 6.07) is 4.13. The molecule has 102 valence electrons. The molecular weight excluding hydrogens is 240 g/mol. The molecule has 0 radical (unpaired) electrons. The van der Waals surface area contributed by atoms with E-state index in [1.807, 2.05) is 30.8 Å². The highest BCUT2D eigenvalue weighted by molar-refractivity contribution is 5.66. The fourth-order valence-electron chi connectivity index (χ4n) is 2.25. The Hall–Kier alpha value is -1.81. The Balaban J connectivity index is 2.47. The molecular formula is C15H20N2O2. The van der Waals surface area contributed by atoms with Crippen LogP contribution in [0.15, 0.2) is 18.3 Å². The number of imidazole rings is 1. The molecule has 0 amide bonds. The van der Waals surface area contributed by atoms with Crippen LogP contribution in [0.25, 0.3) is 11.3 Å². The molecule has 0 aliphatic carbocycles. The second kappa shape index (κ2) is 5.45. The van der Waals surface area contributed by atoms with Crippen LogP contribution in [0.5, 0.6) is 5.75 Å². The summed E-state index contributed by atoms with van der Waals surface area (Å²) in [4.78, 5) is 4.59. The number of aryl methyl sites for hydroxylation is 3. The minimum Gasteiger partial charge on any atom is -0.496 e. The van der Waals surface area contributed by atoms with Crippen LogP contribution in [-0.2, 0) is 13.5 Å². The third-order valence-electron chi connectivity index (χ3n) is 3.33. The summed E-state index contributed by atoms with van der Waals surface area (Å²) < 4.78 is 7.29. The molecule has 4 heteroatoms. The van der Waals surface area contributed by atoms with Crippen molar-refractivity contribution in [2.75, 3.05) is 13.7 Å². The van der Waals surface area contributed by atoms with Crippen LogP contribution in [0.1, 0.15) is 17.0 Å². The van der Waals surface area contributed by atoms with Gasteiger partial charge in [0.25, 0.3) is 0 Å². The normalized spacial score (nSPS) is 10.8. The molecule has 0 bridgehead atoms. The van der Waals surface area contributed by atoms with Crippen molar-refractivity contribution in [3.05, 3.63) is 35.3 Å². The van der Waals surface area contributed by atoms with Gasteiger partial charge in [-0.2, -0.15) is 0 Å². The fourth-order valence-corrected chi connectivity index (χ4v) is 2.25. The van der Waals surface area contributed by atoms with Crippen molar-refractivity contribution in [3.63, 3.8) is 0 Å². The van der Waals surface area contributed by atoms with E-state index >= 15 is 0 Å². The number of hydrogen-bond acceptors (Lipinski definition) is 3. The molecule has 1 heterocycles. The Bertz CT molecular complexity index is 588. The summed E-state index contributed by atoms with van der Waals surface area (Å²) >= 11 is 0. The van der Waals surface area contributed by atoms with Crippen LogP contribution < -0.4 is 4.74 Å².